The van der Waals surface area contributed by atoms with E-state index in [9.17, 15) is 94.7 Å². The van der Waals surface area contributed by atoms with Gasteiger partial charge in [-0.2, -0.15) is 0 Å². The molecule has 7 aliphatic rings. The van der Waals surface area contributed by atoms with Gasteiger partial charge in [-0.25, -0.2) is 4.79 Å². The van der Waals surface area contributed by atoms with E-state index in [1.807, 2.05) is 43.9 Å². The van der Waals surface area contributed by atoms with Crippen LogP contribution in [-0.2, 0) is 66.7 Å². The molecule has 2 aromatic carbocycles. The lowest BCUT2D eigenvalue weighted by Gasteiger charge is -2.49. The normalized spacial score (nSPS) is 37.5. The minimum Gasteiger partial charge on any atom is -0.480 e. The number of hydrogen-bond donors (Lipinski definition) is 15. The van der Waals surface area contributed by atoms with Crippen molar-refractivity contribution in [2.24, 2.45) is 35.3 Å². The number of nitrogens with zero attached hydrogens (tertiary/aromatic N) is 4. The number of rotatable bonds is 24. The molecule has 0 aromatic heterocycles. The number of ether oxygens (including phenoxy) is 7. The van der Waals surface area contributed by atoms with Crippen LogP contribution in [-0.4, -0.2) is 329 Å². The average Bonchev–Trinajstić information content (AvgIpc) is 1.52. The van der Waals surface area contributed by atoms with Gasteiger partial charge in [0.25, 0.3) is 11.6 Å². The van der Waals surface area contributed by atoms with Crippen LogP contribution < -0.4 is 21.7 Å². The highest BCUT2D eigenvalue weighted by atomic mass is 35.5. The van der Waals surface area contributed by atoms with E-state index in [4.69, 9.17) is 78.8 Å². The Morgan fingerprint density at radius 2 is 1.43 bits per heavy atom. The number of aliphatic hydroxyl groups excluding tert-OH is 8. The van der Waals surface area contributed by atoms with Gasteiger partial charge in [0.15, 0.2) is 17.4 Å². The first-order chi connectivity index (χ1) is 56.7. The smallest absolute Gasteiger partial charge is 0.327 e. The lowest BCUT2D eigenvalue weighted by molar-refractivity contribution is -0.384. The number of halogens is 3. The Balaban J connectivity index is 0.000000273. The highest BCUT2D eigenvalue weighted by Gasteiger charge is 2.65. The van der Waals surface area contributed by atoms with Gasteiger partial charge in [-0.05, 0) is 151 Å². The van der Waals surface area contributed by atoms with Gasteiger partial charge in [-0.3, -0.25) is 43.8 Å². The van der Waals surface area contributed by atoms with E-state index in [1.54, 1.807) is 92.8 Å². The summed E-state index contributed by atoms with van der Waals surface area (Å²) >= 11 is 19.6. The molecule has 2 aromatic rings. The minimum absolute atomic E-state index is 0.0936. The van der Waals surface area contributed by atoms with E-state index in [0.717, 1.165) is 25.8 Å². The summed E-state index contributed by atoms with van der Waals surface area (Å²) < 4.78 is 42.2. The number of carboxylic acids is 1. The van der Waals surface area contributed by atoms with E-state index in [-0.39, 0.29) is 60.3 Å². The van der Waals surface area contributed by atoms with Gasteiger partial charge in [-0.1, -0.05) is 94.6 Å². The number of nitro groups is 1. The number of cyclic esters (lactones) is 1. The van der Waals surface area contributed by atoms with Crippen molar-refractivity contribution in [3.63, 3.8) is 0 Å². The number of thioether (sulfide) groups is 2. The number of β-lactam (4-membered cyclic amide) rings is 1. The Kier molecular flexibility index (Phi) is 39.4. The lowest BCUT2D eigenvalue weighted by Crippen LogP contribution is -2.71. The Bertz CT molecular complexity index is 3760. The lowest BCUT2D eigenvalue weighted by atomic mass is 9.74. The number of hydrogen-bond acceptors (Lipinski definition) is 31. The van der Waals surface area contributed by atoms with Gasteiger partial charge in [0, 0.05) is 60.8 Å². The van der Waals surface area contributed by atoms with Crippen molar-refractivity contribution in [1.82, 2.24) is 30.7 Å². The number of nitrogens with one attached hydrogen (secondary N) is 3. The largest absolute Gasteiger partial charge is 0.480 e. The molecular formula is C82H131Cl3N8O27S2. The molecule has 122 heavy (non-hydrogen) atoms. The van der Waals surface area contributed by atoms with Gasteiger partial charge in [-0.15, -0.1) is 35.1 Å². The fourth-order valence-electron chi connectivity index (χ4n) is 17.2. The number of amides is 4. The summed E-state index contributed by atoms with van der Waals surface area (Å²) in [5.74, 6) is -7.24. The van der Waals surface area contributed by atoms with Crippen molar-refractivity contribution in [2.75, 3.05) is 47.7 Å². The van der Waals surface area contributed by atoms with Crippen molar-refractivity contribution >= 4 is 105 Å². The Morgan fingerprint density at radius 3 is 1.97 bits per heavy atom. The number of likely N-dealkylation sites (N-methyl/N-ethyl adjacent to an activating group) is 2. The molecule has 0 radical (unpaired) electrons. The van der Waals surface area contributed by atoms with E-state index >= 15 is 0 Å². The Morgan fingerprint density at radius 1 is 0.820 bits per heavy atom. The summed E-state index contributed by atoms with van der Waals surface area (Å²) in [4.78, 5) is 102. The number of aliphatic hydroxyl groups is 10. The first-order valence-electron chi connectivity index (χ1n) is 41.1. The highest BCUT2D eigenvalue weighted by Crippen LogP contribution is 2.51. The molecule has 35 nitrogen and oxygen atoms in total. The number of nitro benzene ring substituents is 1. The third-order valence-corrected chi connectivity index (χ3v) is 27.5. The zero-order valence-electron chi connectivity index (χ0n) is 72.7. The number of non-ortho nitro benzene ring substituents is 1. The van der Waals surface area contributed by atoms with Crippen molar-refractivity contribution in [3.05, 3.63) is 75.8 Å². The van der Waals surface area contributed by atoms with Crippen LogP contribution in [0.1, 0.15) is 165 Å². The summed E-state index contributed by atoms with van der Waals surface area (Å²) in [5.41, 5.74) is 1.22. The first kappa shape index (κ1) is 106. The van der Waals surface area contributed by atoms with E-state index in [1.165, 1.54) is 80.6 Å². The van der Waals surface area contributed by atoms with Gasteiger partial charge < -0.3 is 121 Å². The number of nitrogens with two attached hydrogens (primary N) is 1. The molecule has 4 amide bonds. The first-order valence-corrected chi connectivity index (χ1v) is 44.6. The van der Waals surface area contributed by atoms with Crippen molar-refractivity contribution < 1.29 is 128 Å². The SMILES string of the molecule is CC1(C)S[C@@H]2[C@H](NC(=O)[C@H](N)c3ccccc3)C(=O)N2[C@H]1C(=O)O.CCC[C@@H]1C[C@@H](C(=O)N[C@@H]([C@H]2O[C@H](SC)[C@H](O)[C@@H](O)[C@H]2O)[C@H](C)Cl)N(C)C1.CC[C@H]1OC(=O)[C@H](C)[C@@H](O[C@H]2C[C@@](C)(OC)[C@@H](O)[C@H](C)O2)[C@H](C)[C@@H](O[C@@H]2O[C@H](C)C[C@H](N(C)C)[C@H]2O)[C@](C)(O)C[C@@H](C)C(=O)[C@H](C)[C@@H](O)[C@]1(C)O.O=C(N[C@H](CO)[C@H](O)c1ccc([N+](=O)[O-])cc1)C(Cl)Cl. The van der Waals surface area contributed by atoms with E-state index in [0.29, 0.717) is 23.5 Å². The summed E-state index contributed by atoms with van der Waals surface area (Å²) in [6.45, 7) is 24.1. The molecule has 7 fully saturated rings. The second-order valence-corrected chi connectivity index (χ2v) is 39.1. The van der Waals surface area contributed by atoms with Crippen LogP contribution in [0.5, 0.6) is 0 Å². The zero-order valence-corrected chi connectivity index (χ0v) is 76.6. The maximum Gasteiger partial charge on any atom is 0.327 e. The average molecular weight is 1830 g/mol. The zero-order chi connectivity index (χ0) is 92.2. The number of carboxylic acid groups (broad SMARTS) is 1. The van der Waals surface area contributed by atoms with Crippen LogP contribution in [0.2, 0.25) is 0 Å². The van der Waals surface area contributed by atoms with Crippen LogP contribution in [0.4, 0.5) is 5.69 Å². The number of benzene rings is 2. The number of alkyl halides is 3. The molecule has 694 valence electrons. The number of Topliss-reactive ketones (excluding diaryl/α,β-unsaturated/α-hetero) is 1. The highest BCUT2D eigenvalue weighted by molar-refractivity contribution is 8.01. The third kappa shape index (κ3) is 25.6. The predicted molar refractivity (Wildman–Crippen MR) is 455 cm³/mol. The van der Waals surface area contributed by atoms with Crippen molar-refractivity contribution in [3.8, 4) is 0 Å². The predicted octanol–water partition coefficient (Wildman–Crippen LogP) is 3.40. The topological polar surface area (TPSA) is 522 Å². The van der Waals surface area contributed by atoms with Crippen LogP contribution in [0, 0.1) is 39.7 Å². The monoisotopic (exact) mass is 1830 g/mol. The fourth-order valence-corrected chi connectivity index (χ4v) is 19.9. The summed E-state index contributed by atoms with van der Waals surface area (Å²) in [6.07, 6.45) is -11.1. The minimum atomic E-state index is -1.99. The van der Waals surface area contributed by atoms with Gasteiger partial charge in [0.2, 0.25) is 17.7 Å². The number of ketones is 1. The molecule has 40 heteroatoms. The summed E-state index contributed by atoms with van der Waals surface area (Å²) in [7, 11) is 7.12. The number of methoxy groups -OCH3 is 1. The fraction of sp³-hybridized carbons (Fsp3) is 0.768. The quantitative estimate of drug-likeness (QED) is 0.0235. The number of likely N-dealkylation sites (tertiary alicyclic amines) is 1. The molecule has 33 atom stereocenters. The second-order valence-electron chi connectivity index (χ2n) is 34.6. The molecule has 0 saturated carbocycles. The molecule has 0 bridgehead atoms. The molecule has 0 aliphatic carbocycles. The van der Waals surface area contributed by atoms with Crippen LogP contribution in [0.3, 0.4) is 0 Å². The standard InChI is InChI=1S/C37H67NO13.C18H33ClN2O5S.C16H19N3O4S.C11H12Cl2N2O5/c1-14-25-37(10,45)30(41)20(4)27(39)18(2)16-35(8,44)32(51-34-28(40)24(38(11)12)15-19(3)47-34)21(5)29(22(6)33(43)49-25)50-26-17-36(9,46-13)31(42)23(7)48-26;1-5-6-10-7-11(21(3)8-10)17(25)20-12(9(2)19)16-14(23)13(22)15(24)18(26-16)27-4;1-16(2)11(15(22)23)19-13(21)10(14(19)24-16)18-12(20)9(17)8-6-4-3-5-7-8;12-10(13)11(18)14-8(5-16)9(17)6-1-3-7(4-2-6)15(19)20/h18-26,28-32,34,40-42,44-45H,14-17H2,1-13H3;9-16,18,22-24H,5-8H2,1-4H3,(H,20,25);3-7,9-11,14H,17H2,1-2H3,(H,18,20)(H,22,23);1-4,8-10,16-17H,5H2,(H,14,18)/t18-,19-,20+,21+,22-,23+,24+,25-,26+,28-,29+,30-,31+,32-,34+,35-,36-,37-;9-,10+,11-,12+,13-,14+,15+,16+,18+;9-,10-,11+,14-;8-,9-/m1011/s1. The molecule has 9 rings (SSSR count). The molecule has 16 N–H and O–H groups in total. The number of aliphatic carboxylic acids is 1. The number of carbonyl (C=O) groups excluding carboxylic acids is 6. The van der Waals surface area contributed by atoms with Gasteiger partial charge >= 0.3 is 11.9 Å². The summed E-state index contributed by atoms with van der Waals surface area (Å²) in [6, 6.07) is 9.17. The van der Waals surface area contributed by atoms with Gasteiger partial charge in [0.1, 0.15) is 89.2 Å². The van der Waals surface area contributed by atoms with Crippen LogP contribution in [0.25, 0.3) is 0 Å². The molecule has 7 heterocycles. The Hall–Kier alpha value is -4.86. The molecule has 7 saturated heterocycles. The molecule has 0 unspecified atom stereocenters. The molecule has 0 spiro atoms. The van der Waals surface area contributed by atoms with Crippen molar-refractivity contribution in [1.29, 1.82) is 0 Å². The van der Waals surface area contributed by atoms with Crippen molar-refractivity contribution in [2.45, 2.75) is 319 Å². The Labute approximate surface area is 737 Å². The number of carbonyl (C=O) groups is 7. The van der Waals surface area contributed by atoms with Crippen LogP contribution >= 0.6 is 58.3 Å². The second kappa shape index (κ2) is 45.4. The maximum atomic E-state index is 14.1. The van der Waals surface area contributed by atoms with E-state index in [2.05, 4.69) is 22.9 Å². The molecular weight excluding hydrogens is 1700 g/mol. The van der Waals surface area contributed by atoms with E-state index < -0.39 is 218 Å². The maximum absolute atomic E-state index is 14.1. The third-order valence-electron chi connectivity index (χ3n) is 24.4. The number of esters is 1. The molecule has 7 aliphatic heterocycles. The van der Waals surface area contributed by atoms with Gasteiger partial charge in [0.05, 0.1) is 82.7 Å². The van der Waals surface area contributed by atoms with Crippen LogP contribution in [0.15, 0.2) is 54.6 Å². The number of fused-ring (bicyclic) bond motifs is 1. The summed E-state index contributed by atoms with van der Waals surface area (Å²) in [5, 5.41) is 134.